The fourth-order valence-electron chi connectivity index (χ4n) is 7.45. The Bertz CT molecular complexity index is 759. The fourth-order valence-corrected chi connectivity index (χ4v) is 10.6. The van der Waals surface area contributed by atoms with Gasteiger partial charge >= 0.3 is 0 Å². The van der Waals surface area contributed by atoms with Crippen LogP contribution in [0.5, 0.6) is 0 Å². The summed E-state index contributed by atoms with van der Waals surface area (Å²) < 4.78 is 6.12. The SMILES string of the molecule is CC1(C)C2CCC(C[Si](C)(C)c3ccc(COCC4CC5C=CC4C5)cc3)C1C2. The predicted octanol–water partition coefficient (Wildman–Crippen LogP) is 6.40. The zero-order chi connectivity index (χ0) is 20.2. The average molecular weight is 409 g/mol. The topological polar surface area (TPSA) is 9.23 Å². The van der Waals surface area contributed by atoms with Gasteiger partial charge in [-0.1, -0.05) is 81.0 Å². The van der Waals surface area contributed by atoms with E-state index in [9.17, 15) is 0 Å². The van der Waals surface area contributed by atoms with Crippen molar-refractivity contribution in [2.75, 3.05) is 6.61 Å². The van der Waals surface area contributed by atoms with Gasteiger partial charge in [-0.2, -0.15) is 0 Å². The van der Waals surface area contributed by atoms with E-state index in [4.69, 9.17) is 4.74 Å². The monoisotopic (exact) mass is 408 g/mol. The third-order valence-corrected chi connectivity index (χ3v) is 13.0. The molecule has 6 unspecified atom stereocenters. The first-order valence-electron chi connectivity index (χ1n) is 12.2. The molecule has 5 aliphatic carbocycles. The fraction of sp³-hybridized carbons (Fsp3) is 0.704. The molecule has 4 bridgehead atoms. The van der Waals surface area contributed by atoms with Gasteiger partial charge in [0.05, 0.1) is 21.3 Å². The van der Waals surface area contributed by atoms with Crippen LogP contribution in [0.4, 0.5) is 0 Å². The maximum Gasteiger partial charge on any atom is 0.0809 e. The Morgan fingerprint density at radius 1 is 0.966 bits per heavy atom. The molecule has 0 heterocycles. The van der Waals surface area contributed by atoms with Gasteiger partial charge in [0, 0.05) is 0 Å². The molecule has 5 aliphatic rings. The summed E-state index contributed by atoms with van der Waals surface area (Å²) in [7, 11) is -1.38. The van der Waals surface area contributed by atoms with Crippen molar-refractivity contribution in [3.63, 3.8) is 0 Å². The zero-order valence-electron chi connectivity index (χ0n) is 19.0. The van der Waals surface area contributed by atoms with Gasteiger partial charge in [0.25, 0.3) is 0 Å². The van der Waals surface area contributed by atoms with Crippen LogP contribution in [0, 0.1) is 40.9 Å². The van der Waals surface area contributed by atoms with Gasteiger partial charge in [0.2, 0.25) is 0 Å². The first-order chi connectivity index (χ1) is 13.8. The van der Waals surface area contributed by atoms with Crippen molar-refractivity contribution in [1.29, 1.82) is 0 Å². The van der Waals surface area contributed by atoms with Crippen molar-refractivity contribution in [2.45, 2.75) is 71.7 Å². The summed E-state index contributed by atoms with van der Waals surface area (Å²) in [5.41, 5.74) is 1.96. The van der Waals surface area contributed by atoms with Crippen LogP contribution in [0.2, 0.25) is 19.1 Å². The maximum absolute atomic E-state index is 6.12. The lowest BCUT2D eigenvalue weighted by atomic mass is 9.46. The third kappa shape index (κ3) is 3.69. The summed E-state index contributed by atoms with van der Waals surface area (Å²) in [6.07, 6.45) is 12.1. The number of benzene rings is 1. The highest BCUT2D eigenvalue weighted by Gasteiger charge is 2.54. The van der Waals surface area contributed by atoms with Crippen LogP contribution < -0.4 is 5.19 Å². The lowest BCUT2D eigenvalue weighted by Gasteiger charge is -2.61. The molecule has 4 fully saturated rings. The minimum absolute atomic E-state index is 0.614. The van der Waals surface area contributed by atoms with Gasteiger partial charge in [-0.3, -0.25) is 0 Å². The van der Waals surface area contributed by atoms with E-state index in [1.54, 1.807) is 5.19 Å². The molecule has 0 aliphatic heterocycles. The molecule has 0 N–H and O–H groups in total. The van der Waals surface area contributed by atoms with Crippen LogP contribution >= 0.6 is 0 Å². The second kappa shape index (κ2) is 7.37. The Kier molecular flexibility index (Phi) is 5.10. The van der Waals surface area contributed by atoms with Gasteiger partial charge in [-0.05, 0) is 72.2 Å². The highest BCUT2D eigenvalue weighted by Crippen LogP contribution is 2.62. The van der Waals surface area contributed by atoms with Gasteiger partial charge in [-0.15, -0.1) is 0 Å². The molecule has 0 amide bonds. The van der Waals surface area contributed by atoms with Crippen LogP contribution in [0.25, 0.3) is 0 Å². The summed E-state index contributed by atoms with van der Waals surface area (Å²) in [5, 5.41) is 1.64. The molecule has 1 nitrogen and oxygen atoms in total. The zero-order valence-corrected chi connectivity index (χ0v) is 20.0. The van der Waals surface area contributed by atoms with Crippen LogP contribution in [0.15, 0.2) is 36.4 Å². The molecule has 158 valence electrons. The smallest absolute Gasteiger partial charge is 0.0809 e. The van der Waals surface area contributed by atoms with E-state index in [1.807, 2.05) is 0 Å². The summed E-state index contributed by atoms with van der Waals surface area (Å²) in [4.78, 5) is 0. The van der Waals surface area contributed by atoms with Crippen LogP contribution in [-0.4, -0.2) is 14.7 Å². The molecular weight excluding hydrogens is 368 g/mol. The number of ether oxygens (including phenoxy) is 1. The number of allylic oxidation sites excluding steroid dienone is 2. The van der Waals surface area contributed by atoms with Crippen molar-refractivity contribution in [2.24, 2.45) is 40.9 Å². The summed E-state index contributed by atoms with van der Waals surface area (Å²) in [5.74, 6) is 5.38. The van der Waals surface area contributed by atoms with Crippen molar-refractivity contribution in [3.05, 3.63) is 42.0 Å². The molecule has 1 aromatic rings. The Labute approximate surface area is 179 Å². The molecule has 1 aromatic carbocycles. The molecule has 6 rings (SSSR count). The summed E-state index contributed by atoms with van der Waals surface area (Å²) in [6, 6.07) is 11.0. The molecule has 4 saturated carbocycles. The second-order valence-corrected chi connectivity index (χ2v) is 16.8. The number of fused-ring (bicyclic) bond motifs is 4. The molecule has 0 saturated heterocycles. The Hall–Kier alpha value is -0.863. The first kappa shape index (κ1) is 20.1. The maximum atomic E-state index is 6.12. The van der Waals surface area contributed by atoms with Crippen molar-refractivity contribution in [3.8, 4) is 0 Å². The molecule has 0 spiro atoms. The van der Waals surface area contributed by atoms with Crippen LogP contribution in [0.1, 0.15) is 51.5 Å². The molecular formula is C27H40OSi. The number of hydrogen-bond donors (Lipinski definition) is 0. The molecule has 6 atom stereocenters. The Morgan fingerprint density at radius 3 is 2.38 bits per heavy atom. The average Bonchev–Trinajstić information content (AvgIpc) is 3.31. The van der Waals surface area contributed by atoms with E-state index in [-0.39, 0.29) is 0 Å². The number of rotatable bonds is 7. The van der Waals surface area contributed by atoms with Gasteiger partial charge in [0.15, 0.2) is 0 Å². The normalized spacial score (nSPS) is 37.0. The first-order valence-corrected chi connectivity index (χ1v) is 15.4. The number of hydrogen-bond acceptors (Lipinski definition) is 1. The van der Waals surface area contributed by atoms with E-state index in [1.165, 1.54) is 43.7 Å². The lowest BCUT2D eigenvalue weighted by molar-refractivity contribution is -0.0990. The van der Waals surface area contributed by atoms with Crippen molar-refractivity contribution >= 4 is 13.3 Å². The Balaban J connectivity index is 1.14. The lowest BCUT2D eigenvalue weighted by Crippen LogP contribution is -2.55. The third-order valence-electron chi connectivity index (χ3n) is 9.53. The Morgan fingerprint density at radius 2 is 1.76 bits per heavy atom. The van der Waals surface area contributed by atoms with Crippen LogP contribution in [-0.2, 0) is 11.3 Å². The minimum Gasteiger partial charge on any atom is -0.376 e. The molecule has 2 heteroatoms. The second-order valence-electron chi connectivity index (χ2n) is 12.0. The van der Waals surface area contributed by atoms with E-state index in [0.29, 0.717) is 5.41 Å². The van der Waals surface area contributed by atoms with Crippen molar-refractivity contribution < 1.29 is 4.74 Å². The quantitative estimate of drug-likeness (QED) is 0.374. The molecule has 29 heavy (non-hydrogen) atoms. The molecule has 0 aromatic heterocycles. The highest BCUT2D eigenvalue weighted by atomic mass is 28.3. The van der Waals surface area contributed by atoms with Gasteiger partial charge in [-0.25, -0.2) is 0 Å². The van der Waals surface area contributed by atoms with Crippen LogP contribution in [0.3, 0.4) is 0 Å². The largest absolute Gasteiger partial charge is 0.376 e. The van der Waals surface area contributed by atoms with Crippen molar-refractivity contribution in [1.82, 2.24) is 0 Å². The highest BCUT2D eigenvalue weighted by molar-refractivity contribution is 6.89. The van der Waals surface area contributed by atoms with E-state index >= 15 is 0 Å². The van der Waals surface area contributed by atoms with E-state index in [2.05, 4.69) is 63.4 Å². The minimum atomic E-state index is -1.38. The van der Waals surface area contributed by atoms with E-state index in [0.717, 1.165) is 48.7 Å². The standard InChI is InChI=1S/C27H40OSi/c1-27(2)24-10-9-22(26(27)15-24)18-29(3,4)25-11-6-19(7-12-25)16-28-17-23-14-20-5-8-21(23)13-20/h5-8,11-12,20-24,26H,9-10,13-18H2,1-4H3. The van der Waals surface area contributed by atoms with E-state index < -0.39 is 8.07 Å². The summed E-state index contributed by atoms with van der Waals surface area (Å²) in [6.45, 7) is 12.0. The van der Waals surface area contributed by atoms with Gasteiger partial charge < -0.3 is 4.74 Å². The van der Waals surface area contributed by atoms with Gasteiger partial charge in [0.1, 0.15) is 0 Å². The predicted molar refractivity (Wildman–Crippen MR) is 125 cm³/mol. The molecule has 0 radical (unpaired) electrons. The summed E-state index contributed by atoms with van der Waals surface area (Å²) >= 11 is 0.